The van der Waals surface area contributed by atoms with Gasteiger partial charge in [0, 0.05) is 24.7 Å². The molecule has 0 bridgehead atoms. The maximum atomic E-state index is 12.1. The first-order valence-electron chi connectivity index (χ1n) is 7.51. The van der Waals surface area contributed by atoms with Crippen LogP contribution in [0.2, 0.25) is 0 Å². The molecule has 0 aromatic heterocycles. The Bertz CT molecular complexity index is 516. The molecule has 1 aromatic rings. The molecule has 1 heterocycles. The zero-order chi connectivity index (χ0) is 15.2. The zero-order valence-electron chi connectivity index (χ0n) is 12.5. The van der Waals surface area contributed by atoms with Gasteiger partial charge in [-0.3, -0.25) is 4.79 Å². The van der Waals surface area contributed by atoms with E-state index in [9.17, 15) is 9.59 Å². The molecular formula is C16H23N3O2. The molecule has 5 heteroatoms. The molecule has 1 aliphatic rings. The Morgan fingerprint density at radius 1 is 1.38 bits per heavy atom. The molecule has 0 radical (unpaired) electrons. The number of nitrogens with zero attached hydrogens (tertiary/aromatic N) is 1. The summed E-state index contributed by atoms with van der Waals surface area (Å²) < 4.78 is 0. The maximum absolute atomic E-state index is 12.1. The van der Waals surface area contributed by atoms with E-state index >= 15 is 0 Å². The molecule has 21 heavy (non-hydrogen) atoms. The van der Waals surface area contributed by atoms with E-state index in [2.05, 4.69) is 12.2 Å². The number of piperidine rings is 1. The third-order valence-corrected chi connectivity index (χ3v) is 3.97. The number of rotatable bonds is 4. The fourth-order valence-electron chi connectivity index (χ4n) is 2.70. The lowest BCUT2D eigenvalue weighted by Crippen LogP contribution is -2.47. The zero-order valence-corrected chi connectivity index (χ0v) is 12.5. The number of carbonyl (C=O) groups excluding carboxylic acids is 2. The Hall–Kier alpha value is -2.04. The topological polar surface area (TPSA) is 75.4 Å². The van der Waals surface area contributed by atoms with Crippen LogP contribution in [0.25, 0.3) is 0 Å². The Morgan fingerprint density at radius 3 is 2.90 bits per heavy atom. The molecule has 5 nitrogen and oxygen atoms in total. The predicted octanol–water partition coefficient (Wildman–Crippen LogP) is 1.91. The van der Waals surface area contributed by atoms with Crippen molar-refractivity contribution in [2.75, 3.05) is 13.1 Å². The lowest BCUT2D eigenvalue weighted by atomic mass is 10.0. The van der Waals surface area contributed by atoms with Crippen LogP contribution in [0.1, 0.15) is 42.1 Å². The standard InChI is InChI=1S/C16H23N3O2/c1-12-5-2-3-10-19(12)16(21)18-9-8-13-6-4-7-14(11-13)15(17)20/h4,6-7,11-12H,2-3,5,8-10H2,1H3,(H2,17,20)(H,18,21). The number of benzene rings is 1. The monoisotopic (exact) mass is 289 g/mol. The SMILES string of the molecule is CC1CCCCN1C(=O)NCCc1cccc(C(N)=O)c1. The van der Waals surface area contributed by atoms with E-state index in [1.54, 1.807) is 12.1 Å². The number of urea groups is 1. The van der Waals surface area contributed by atoms with Crippen molar-refractivity contribution in [1.29, 1.82) is 0 Å². The first kappa shape index (κ1) is 15.4. The van der Waals surface area contributed by atoms with Crippen LogP contribution < -0.4 is 11.1 Å². The predicted molar refractivity (Wildman–Crippen MR) is 82.1 cm³/mol. The van der Waals surface area contributed by atoms with Crippen LogP contribution in [0.15, 0.2) is 24.3 Å². The second-order valence-corrected chi connectivity index (χ2v) is 5.58. The van der Waals surface area contributed by atoms with Gasteiger partial charge in [-0.1, -0.05) is 12.1 Å². The van der Waals surface area contributed by atoms with Gasteiger partial charge in [0.15, 0.2) is 0 Å². The number of amides is 3. The molecule has 3 N–H and O–H groups in total. The van der Waals surface area contributed by atoms with E-state index in [-0.39, 0.29) is 6.03 Å². The van der Waals surface area contributed by atoms with E-state index in [1.165, 1.54) is 6.42 Å². The van der Waals surface area contributed by atoms with Gasteiger partial charge in [0.05, 0.1) is 0 Å². The molecule has 1 fully saturated rings. The fourth-order valence-corrected chi connectivity index (χ4v) is 2.70. The Labute approximate surface area is 125 Å². The highest BCUT2D eigenvalue weighted by Crippen LogP contribution is 2.16. The molecule has 0 saturated carbocycles. The quantitative estimate of drug-likeness (QED) is 0.888. The summed E-state index contributed by atoms with van der Waals surface area (Å²) in [6, 6.07) is 7.54. The maximum Gasteiger partial charge on any atom is 0.317 e. The summed E-state index contributed by atoms with van der Waals surface area (Å²) >= 11 is 0. The van der Waals surface area contributed by atoms with Gasteiger partial charge < -0.3 is 16.0 Å². The number of likely N-dealkylation sites (tertiary alicyclic amines) is 1. The Morgan fingerprint density at radius 2 is 2.19 bits per heavy atom. The summed E-state index contributed by atoms with van der Waals surface area (Å²) in [5.74, 6) is -0.428. The summed E-state index contributed by atoms with van der Waals surface area (Å²) in [4.78, 5) is 25.1. The number of carbonyl (C=O) groups is 2. The van der Waals surface area contributed by atoms with Crippen LogP contribution in [0.4, 0.5) is 4.79 Å². The second kappa shape index (κ2) is 7.11. The number of nitrogens with one attached hydrogen (secondary N) is 1. The summed E-state index contributed by atoms with van der Waals surface area (Å²) in [5.41, 5.74) is 6.76. The molecule has 1 atom stereocenters. The van der Waals surface area contributed by atoms with Gasteiger partial charge in [0.25, 0.3) is 0 Å². The molecular weight excluding hydrogens is 266 g/mol. The molecule has 1 aliphatic heterocycles. The van der Waals surface area contributed by atoms with Crippen LogP contribution in [0.3, 0.4) is 0 Å². The van der Waals surface area contributed by atoms with Crippen molar-refractivity contribution < 1.29 is 9.59 Å². The van der Waals surface area contributed by atoms with Gasteiger partial charge in [-0.15, -0.1) is 0 Å². The van der Waals surface area contributed by atoms with Crippen molar-refractivity contribution in [2.45, 2.75) is 38.6 Å². The second-order valence-electron chi connectivity index (χ2n) is 5.58. The average molecular weight is 289 g/mol. The van der Waals surface area contributed by atoms with Crippen molar-refractivity contribution in [1.82, 2.24) is 10.2 Å². The van der Waals surface area contributed by atoms with E-state index < -0.39 is 5.91 Å². The molecule has 1 saturated heterocycles. The number of primary amides is 1. The molecule has 114 valence electrons. The van der Waals surface area contributed by atoms with Crippen LogP contribution in [-0.4, -0.2) is 36.0 Å². The number of hydrogen-bond acceptors (Lipinski definition) is 2. The summed E-state index contributed by atoms with van der Waals surface area (Å²) in [5, 5.41) is 2.95. The van der Waals surface area contributed by atoms with Gasteiger partial charge in [-0.2, -0.15) is 0 Å². The third-order valence-electron chi connectivity index (χ3n) is 3.97. The smallest absolute Gasteiger partial charge is 0.317 e. The summed E-state index contributed by atoms with van der Waals surface area (Å²) in [6.07, 6.45) is 4.05. The number of hydrogen-bond donors (Lipinski definition) is 2. The fraction of sp³-hybridized carbons (Fsp3) is 0.500. The van der Waals surface area contributed by atoms with E-state index in [4.69, 9.17) is 5.73 Å². The van der Waals surface area contributed by atoms with E-state index in [0.29, 0.717) is 24.6 Å². The highest BCUT2D eigenvalue weighted by molar-refractivity contribution is 5.92. The minimum absolute atomic E-state index is 0.00764. The van der Waals surface area contributed by atoms with Gasteiger partial charge in [-0.05, 0) is 50.3 Å². The largest absolute Gasteiger partial charge is 0.366 e. The van der Waals surface area contributed by atoms with Gasteiger partial charge in [0.1, 0.15) is 0 Å². The Kier molecular flexibility index (Phi) is 5.20. The van der Waals surface area contributed by atoms with Crippen molar-refractivity contribution in [3.8, 4) is 0 Å². The first-order valence-corrected chi connectivity index (χ1v) is 7.51. The van der Waals surface area contributed by atoms with E-state index in [1.807, 2.05) is 17.0 Å². The molecule has 3 amide bonds. The van der Waals surface area contributed by atoms with Crippen molar-refractivity contribution in [3.63, 3.8) is 0 Å². The first-order chi connectivity index (χ1) is 10.1. The molecule has 1 aromatic carbocycles. The van der Waals surface area contributed by atoms with Crippen LogP contribution >= 0.6 is 0 Å². The molecule has 0 aliphatic carbocycles. The van der Waals surface area contributed by atoms with Crippen molar-refractivity contribution >= 4 is 11.9 Å². The van der Waals surface area contributed by atoms with Gasteiger partial charge >= 0.3 is 6.03 Å². The normalized spacial score (nSPS) is 18.3. The third kappa shape index (κ3) is 4.21. The van der Waals surface area contributed by atoms with Crippen molar-refractivity contribution in [3.05, 3.63) is 35.4 Å². The van der Waals surface area contributed by atoms with Gasteiger partial charge in [0.2, 0.25) is 5.91 Å². The van der Waals surface area contributed by atoms with E-state index in [0.717, 1.165) is 24.9 Å². The molecule has 1 unspecified atom stereocenters. The highest BCUT2D eigenvalue weighted by Gasteiger charge is 2.22. The molecule has 2 rings (SSSR count). The van der Waals surface area contributed by atoms with Crippen molar-refractivity contribution in [2.24, 2.45) is 5.73 Å². The minimum Gasteiger partial charge on any atom is -0.366 e. The summed E-state index contributed by atoms with van der Waals surface area (Å²) in [7, 11) is 0. The van der Waals surface area contributed by atoms with Crippen LogP contribution in [0, 0.1) is 0 Å². The Balaban J connectivity index is 1.82. The lowest BCUT2D eigenvalue weighted by Gasteiger charge is -2.33. The molecule has 0 spiro atoms. The van der Waals surface area contributed by atoms with Crippen LogP contribution in [-0.2, 0) is 6.42 Å². The van der Waals surface area contributed by atoms with Crippen LogP contribution in [0.5, 0.6) is 0 Å². The van der Waals surface area contributed by atoms with Gasteiger partial charge in [-0.25, -0.2) is 4.79 Å². The highest BCUT2D eigenvalue weighted by atomic mass is 16.2. The average Bonchev–Trinajstić information content (AvgIpc) is 2.48. The summed E-state index contributed by atoms with van der Waals surface area (Å²) in [6.45, 7) is 3.49. The lowest BCUT2D eigenvalue weighted by molar-refractivity contribution is 0.1000. The minimum atomic E-state index is -0.428. The number of nitrogens with two attached hydrogens (primary N) is 1.